The van der Waals surface area contributed by atoms with Crippen LogP contribution in [-0.4, -0.2) is 12.9 Å². The molecule has 0 fully saturated rings. The minimum Gasteiger partial charge on any atom is -0.479 e. The maximum absolute atomic E-state index is 10.5. The predicted molar refractivity (Wildman–Crippen MR) is 66.6 cm³/mol. The first-order valence-electron chi connectivity index (χ1n) is 3.69. The lowest BCUT2D eigenvalue weighted by molar-refractivity contribution is 0.112. The number of hydrogen-bond acceptors (Lipinski definition) is 2. The van der Waals surface area contributed by atoms with Crippen molar-refractivity contribution in [2.45, 2.75) is 0 Å². The third-order valence-electron chi connectivity index (χ3n) is 1.46. The Morgan fingerprint density at radius 1 is 1.64 bits per heavy atom. The normalized spacial score (nSPS) is 9.21. The Labute approximate surface area is 104 Å². The molecule has 4 heteroatoms. The second-order valence-electron chi connectivity index (χ2n) is 2.42. The van der Waals surface area contributed by atoms with Crippen LogP contribution in [0.3, 0.4) is 0 Å². The van der Waals surface area contributed by atoms with Crippen LogP contribution in [0, 0.1) is 15.9 Å². The minimum absolute atomic E-state index is 0.217. The lowest BCUT2D eigenvalue weighted by Crippen LogP contribution is -1.97. The van der Waals surface area contributed by atoms with Crippen molar-refractivity contribution in [2.24, 2.45) is 0 Å². The first kappa shape index (κ1) is 11.5. The number of aldehydes is 1. The molecular formula is C10H6BrIO2. The van der Waals surface area contributed by atoms with E-state index in [0.717, 1.165) is 14.3 Å². The van der Waals surface area contributed by atoms with Gasteiger partial charge in [-0.1, -0.05) is 5.92 Å². The minimum atomic E-state index is 0.217. The maximum Gasteiger partial charge on any atom is 0.150 e. The number of terminal acetylenes is 1. The zero-order valence-corrected chi connectivity index (χ0v) is 10.8. The van der Waals surface area contributed by atoms with Gasteiger partial charge in [0.05, 0.1) is 8.04 Å². The van der Waals surface area contributed by atoms with Gasteiger partial charge in [0.2, 0.25) is 0 Å². The molecule has 1 aromatic carbocycles. The second kappa shape index (κ2) is 5.37. The average Bonchev–Trinajstić information content (AvgIpc) is 2.16. The van der Waals surface area contributed by atoms with Gasteiger partial charge in [-0.05, 0) is 50.7 Å². The maximum atomic E-state index is 10.5. The fourth-order valence-electron chi connectivity index (χ4n) is 0.899. The SMILES string of the molecule is C#CCOc1c(Br)cc(C=O)cc1I. The number of benzene rings is 1. The van der Waals surface area contributed by atoms with Crippen LogP contribution in [0.25, 0.3) is 0 Å². The molecule has 0 heterocycles. The third kappa shape index (κ3) is 2.72. The second-order valence-corrected chi connectivity index (χ2v) is 4.44. The van der Waals surface area contributed by atoms with Crippen LogP contribution < -0.4 is 4.74 Å². The van der Waals surface area contributed by atoms with E-state index in [1.54, 1.807) is 12.1 Å². The molecule has 0 aliphatic carbocycles. The van der Waals surface area contributed by atoms with E-state index in [-0.39, 0.29) is 6.61 Å². The smallest absolute Gasteiger partial charge is 0.150 e. The lowest BCUT2D eigenvalue weighted by atomic mass is 10.2. The highest BCUT2D eigenvalue weighted by Crippen LogP contribution is 2.31. The van der Waals surface area contributed by atoms with E-state index in [0.29, 0.717) is 11.3 Å². The summed E-state index contributed by atoms with van der Waals surface area (Å²) < 4.78 is 6.90. The summed E-state index contributed by atoms with van der Waals surface area (Å²) in [4.78, 5) is 10.5. The molecule has 1 rings (SSSR count). The van der Waals surface area contributed by atoms with Gasteiger partial charge in [0.1, 0.15) is 18.6 Å². The average molecular weight is 365 g/mol. The zero-order chi connectivity index (χ0) is 10.6. The summed E-state index contributed by atoms with van der Waals surface area (Å²) in [5, 5.41) is 0. The van der Waals surface area contributed by atoms with Crippen LogP contribution in [0.5, 0.6) is 5.75 Å². The Balaban J connectivity index is 3.06. The molecule has 0 N–H and O–H groups in total. The van der Waals surface area contributed by atoms with Crippen LogP contribution in [0.15, 0.2) is 16.6 Å². The van der Waals surface area contributed by atoms with E-state index in [2.05, 4.69) is 44.4 Å². The first-order chi connectivity index (χ1) is 6.69. The lowest BCUT2D eigenvalue weighted by Gasteiger charge is -2.07. The van der Waals surface area contributed by atoms with Crippen molar-refractivity contribution in [3.8, 4) is 18.1 Å². The highest BCUT2D eigenvalue weighted by molar-refractivity contribution is 14.1. The van der Waals surface area contributed by atoms with E-state index in [1.807, 2.05) is 0 Å². The number of rotatable bonds is 3. The van der Waals surface area contributed by atoms with Crippen LogP contribution in [0.2, 0.25) is 0 Å². The van der Waals surface area contributed by atoms with Gasteiger partial charge in [0, 0.05) is 5.56 Å². The molecule has 0 saturated carbocycles. The molecule has 0 radical (unpaired) electrons. The summed E-state index contributed by atoms with van der Waals surface area (Å²) in [6, 6.07) is 3.44. The highest BCUT2D eigenvalue weighted by Gasteiger charge is 2.07. The largest absolute Gasteiger partial charge is 0.479 e. The number of carbonyl (C=O) groups is 1. The van der Waals surface area contributed by atoms with E-state index in [9.17, 15) is 4.79 Å². The van der Waals surface area contributed by atoms with Gasteiger partial charge in [-0.3, -0.25) is 4.79 Å². The summed E-state index contributed by atoms with van der Waals surface area (Å²) in [7, 11) is 0. The molecule has 14 heavy (non-hydrogen) atoms. The summed E-state index contributed by atoms with van der Waals surface area (Å²) >= 11 is 5.40. The van der Waals surface area contributed by atoms with Crippen molar-refractivity contribution in [3.63, 3.8) is 0 Å². The molecule has 0 spiro atoms. The summed E-state index contributed by atoms with van der Waals surface area (Å²) in [5.41, 5.74) is 0.606. The van der Waals surface area contributed by atoms with Crippen molar-refractivity contribution < 1.29 is 9.53 Å². The van der Waals surface area contributed by atoms with Gasteiger partial charge in [-0.2, -0.15) is 0 Å². The van der Waals surface area contributed by atoms with Crippen molar-refractivity contribution in [1.82, 2.24) is 0 Å². The Kier molecular flexibility index (Phi) is 4.42. The molecule has 2 nitrogen and oxygen atoms in total. The van der Waals surface area contributed by atoms with Crippen molar-refractivity contribution in [1.29, 1.82) is 0 Å². The van der Waals surface area contributed by atoms with Gasteiger partial charge in [0.25, 0.3) is 0 Å². The van der Waals surface area contributed by atoms with Gasteiger partial charge >= 0.3 is 0 Å². The van der Waals surface area contributed by atoms with Crippen LogP contribution in [-0.2, 0) is 0 Å². The van der Waals surface area contributed by atoms with E-state index < -0.39 is 0 Å². The number of halogens is 2. The Bertz CT molecular complexity index is 373. The predicted octanol–water partition coefficient (Wildman–Crippen LogP) is 2.88. The molecule has 0 atom stereocenters. The topological polar surface area (TPSA) is 26.3 Å². The molecule has 0 unspecified atom stereocenters. The summed E-state index contributed by atoms with van der Waals surface area (Å²) in [6.45, 7) is 0.217. The quantitative estimate of drug-likeness (QED) is 0.468. The third-order valence-corrected chi connectivity index (χ3v) is 2.85. The van der Waals surface area contributed by atoms with Gasteiger partial charge in [0.15, 0.2) is 0 Å². The van der Waals surface area contributed by atoms with Crippen molar-refractivity contribution in [2.75, 3.05) is 6.61 Å². The van der Waals surface area contributed by atoms with Gasteiger partial charge in [-0.25, -0.2) is 0 Å². The molecular weight excluding hydrogens is 359 g/mol. The monoisotopic (exact) mass is 364 g/mol. The summed E-state index contributed by atoms with van der Waals surface area (Å²) in [6.07, 6.45) is 5.87. The van der Waals surface area contributed by atoms with E-state index >= 15 is 0 Å². The number of ether oxygens (including phenoxy) is 1. The molecule has 0 bridgehead atoms. The first-order valence-corrected chi connectivity index (χ1v) is 5.56. The van der Waals surface area contributed by atoms with Crippen molar-refractivity contribution in [3.05, 3.63) is 25.7 Å². The van der Waals surface area contributed by atoms with Crippen LogP contribution >= 0.6 is 38.5 Å². The fraction of sp³-hybridized carbons (Fsp3) is 0.100. The molecule has 1 aromatic rings. The van der Waals surface area contributed by atoms with Crippen molar-refractivity contribution >= 4 is 44.8 Å². The zero-order valence-electron chi connectivity index (χ0n) is 7.09. The fourth-order valence-corrected chi connectivity index (χ4v) is 2.67. The van der Waals surface area contributed by atoms with Crippen LogP contribution in [0.4, 0.5) is 0 Å². The van der Waals surface area contributed by atoms with Gasteiger partial charge < -0.3 is 4.74 Å². The molecule has 0 aliphatic rings. The van der Waals surface area contributed by atoms with Crippen LogP contribution in [0.1, 0.15) is 10.4 Å². The molecule has 72 valence electrons. The number of carbonyl (C=O) groups excluding carboxylic acids is 1. The Morgan fingerprint density at radius 3 is 2.86 bits per heavy atom. The molecule has 0 amide bonds. The van der Waals surface area contributed by atoms with E-state index in [4.69, 9.17) is 11.2 Å². The Morgan fingerprint density at radius 2 is 2.36 bits per heavy atom. The molecule has 0 saturated heterocycles. The molecule has 0 aromatic heterocycles. The molecule has 0 aliphatic heterocycles. The number of hydrogen-bond donors (Lipinski definition) is 0. The summed E-state index contributed by atoms with van der Waals surface area (Å²) in [5.74, 6) is 3.06. The van der Waals surface area contributed by atoms with Gasteiger partial charge in [-0.15, -0.1) is 6.42 Å². The standard InChI is InChI=1S/C10H6BrIO2/c1-2-3-14-10-8(11)4-7(6-13)5-9(10)12/h1,4-6H,3H2. The van der Waals surface area contributed by atoms with E-state index in [1.165, 1.54) is 0 Å². The highest BCUT2D eigenvalue weighted by atomic mass is 127. The Hall–Kier alpha value is -0.540.